The zero-order valence-corrected chi connectivity index (χ0v) is 31.3. The van der Waals surface area contributed by atoms with Crippen LogP contribution < -0.4 is 25.7 Å². The molecule has 3 aromatic heterocycles. The Morgan fingerprint density at radius 2 is 1.70 bits per heavy atom. The Bertz CT molecular complexity index is 1860. The quantitative estimate of drug-likeness (QED) is 0.0776. The summed E-state index contributed by atoms with van der Waals surface area (Å²) >= 11 is 6.05. The van der Waals surface area contributed by atoms with E-state index in [4.69, 9.17) is 25.9 Å². The number of nitrogens with one attached hydrogen (secondary N) is 2. The molecule has 5 aromatic rings. The first-order valence-corrected chi connectivity index (χ1v) is 19.3. The number of methoxy groups -OCH3 is 1. The maximum Gasteiger partial charge on any atom is 0.411 e. The number of halogens is 1. The van der Waals surface area contributed by atoms with Crippen LogP contribution >= 0.6 is 11.6 Å². The minimum atomic E-state index is -2.74. The lowest BCUT2D eigenvalue weighted by Gasteiger charge is -2.43. The Balaban J connectivity index is 1.51. The van der Waals surface area contributed by atoms with E-state index < -0.39 is 14.4 Å². The molecule has 50 heavy (non-hydrogen) atoms. The van der Waals surface area contributed by atoms with Gasteiger partial charge in [0.1, 0.15) is 22.5 Å². The maximum atomic E-state index is 11.7. The summed E-state index contributed by atoms with van der Waals surface area (Å²) in [6.07, 6.45) is 2.90. The van der Waals surface area contributed by atoms with Gasteiger partial charge in [-0.25, -0.2) is 9.78 Å². The second kappa shape index (κ2) is 16.0. The third-order valence-corrected chi connectivity index (χ3v) is 14.2. The molecular formula is C37H46ClN7O4Si. The highest BCUT2D eigenvalue weighted by molar-refractivity contribution is 6.99. The van der Waals surface area contributed by atoms with Crippen LogP contribution in [-0.2, 0) is 16.9 Å². The summed E-state index contributed by atoms with van der Waals surface area (Å²) in [5.41, 5.74) is 3.29. The molecule has 0 saturated heterocycles. The molecule has 0 fully saturated rings. The number of carboxylic acid groups (broad SMARTS) is 1. The fourth-order valence-electron chi connectivity index (χ4n) is 6.57. The molecule has 0 saturated carbocycles. The number of nitrogens with zero attached hydrogens (tertiary/aromatic N) is 5. The molecule has 0 aliphatic rings. The molecule has 3 N–H and O–H groups in total. The van der Waals surface area contributed by atoms with E-state index >= 15 is 0 Å². The van der Waals surface area contributed by atoms with E-state index in [1.54, 1.807) is 18.0 Å². The van der Waals surface area contributed by atoms with Crippen LogP contribution in [0.5, 0.6) is 5.75 Å². The van der Waals surface area contributed by atoms with Crippen LogP contribution in [0, 0.1) is 6.92 Å². The van der Waals surface area contributed by atoms with E-state index in [9.17, 15) is 9.90 Å². The van der Waals surface area contributed by atoms with Crippen molar-refractivity contribution in [3.05, 3.63) is 89.9 Å². The standard InChI is InChI=1S/C37H46ClN7O4Si/c1-7-14-27(19-20-49-50(37(3,4)5,28-15-10-8-11-16-28)29-17-12-9-13-18-29)40-34-33-32(41-35(42-34)43-36(46)47)25(2)44-45(33)24-30-31(48-6)21-26(22-38)23-39-30/h8-13,15-18,21,23,27H,7,14,19-20,22,24H2,1-6H3,(H,46,47)(H2,40,41,42,43)/t27-/m0/s1. The van der Waals surface area contributed by atoms with Gasteiger partial charge in [-0.05, 0) is 46.8 Å². The predicted molar refractivity (Wildman–Crippen MR) is 202 cm³/mol. The van der Waals surface area contributed by atoms with Crippen LogP contribution in [0.4, 0.5) is 16.6 Å². The van der Waals surface area contributed by atoms with Crippen molar-refractivity contribution in [2.45, 2.75) is 77.4 Å². The number of aromatic nitrogens is 5. The molecule has 0 spiro atoms. The molecule has 11 nitrogen and oxygen atoms in total. The van der Waals surface area contributed by atoms with Crippen LogP contribution in [0.15, 0.2) is 72.9 Å². The summed E-state index contributed by atoms with van der Waals surface area (Å²) in [4.78, 5) is 25.5. The van der Waals surface area contributed by atoms with Gasteiger partial charge in [-0.15, -0.1) is 11.6 Å². The minimum absolute atomic E-state index is 0.0314. The fraction of sp³-hybridized carbons (Fsp3) is 0.378. The zero-order valence-electron chi connectivity index (χ0n) is 29.5. The average molecular weight is 716 g/mol. The summed E-state index contributed by atoms with van der Waals surface area (Å²) in [5, 5.41) is 22.6. The van der Waals surface area contributed by atoms with Crippen LogP contribution in [0.3, 0.4) is 0 Å². The molecule has 264 valence electrons. The van der Waals surface area contributed by atoms with E-state index in [1.165, 1.54) is 10.4 Å². The summed E-state index contributed by atoms with van der Waals surface area (Å²) < 4.78 is 14.6. The van der Waals surface area contributed by atoms with Gasteiger partial charge in [0.2, 0.25) is 5.95 Å². The number of carbonyl (C=O) groups is 1. The molecule has 1 atom stereocenters. The number of benzene rings is 2. The molecular weight excluding hydrogens is 670 g/mol. The number of pyridine rings is 1. The van der Waals surface area contributed by atoms with Gasteiger partial charge in [-0.2, -0.15) is 10.1 Å². The van der Waals surface area contributed by atoms with Crippen molar-refractivity contribution in [3.63, 3.8) is 0 Å². The van der Waals surface area contributed by atoms with Crippen LogP contribution in [-0.4, -0.2) is 64.0 Å². The van der Waals surface area contributed by atoms with E-state index in [0.29, 0.717) is 52.9 Å². The van der Waals surface area contributed by atoms with Crippen molar-refractivity contribution >= 4 is 59.2 Å². The Labute approximate surface area is 299 Å². The number of anilines is 2. The number of aryl methyl sites for hydroxylation is 1. The second-order valence-corrected chi connectivity index (χ2v) is 17.9. The highest BCUT2D eigenvalue weighted by Crippen LogP contribution is 2.37. The lowest BCUT2D eigenvalue weighted by molar-refractivity contribution is 0.209. The van der Waals surface area contributed by atoms with Gasteiger partial charge >= 0.3 is 6.09 Å². The Kier molecular flexibility index (Phi) is 11.8. The molecule has 2 aromatic carbocycles. The third kappa shape index (κ3) is 7.93. The van der Waals surface area contributed by atoms with Gasteiger partial charge in [0.05, 0.1) is 19.3 Å². The van der Waals surface area contributed by atoms with E-state index in [2.05, 4.69) is 102 Å². The second-order valence-electron chi connectivity index (χ2n) is 13.3. The van der Waals surface area contributed by atoms with Gasteiger partial charge in [-0.1, -0.05) is 94.8 Å². The summed E-state index contributed by atoms with van der Waals surface area (Å²) in [7, 11) is -1.14. The molecule has 1 amide bonds. The topological polar surface area (TPSA) is 136 Å². The molecule has 0 aliphatic heterocycles. The largest absolute Gasteiger partial charge is 0.495 e. The monoisotopic (exact) mass is 715 g/mol. The molecule has 0 aliphatic carbocycles. The molecule has 3 heterocycles. The number of fused-ring (bicyclic) bond motifs is 1. The normalized spacial score (nSPS) is 12.5. The third-order valence-electron chi connectivity index (χ3n) is 8.81. The lowest BCUT2D eigenvalue weighted by Crippen LogP contribution is -2.66. The summed E-state index contributed by atoms with van der Waals surface area (Å²) in [6, 6.07) is 23.0. The van der Waals surface area contributed by atoms with Crippen molar-refractivity contribution in [2.75, 3.05) is 24.4 Å². The molecule has 0 unspecified atom stereocenters. The number of hydrogen-bond acceptors (Lipinski definition) is 8. The van der Waals surface area contributed by atoms with Crippen molar-refractivity contribution in [1.29, 1.82) is 0 Å². The van der Waals surface area contributed by atoms with Crippen molar-refractivity contribution < 1.29 is 19.1 Å². The van der Waals surface area contributed by atoms with Crippen molar-refractivity contribution in [2.24, 2.45) is 0 Å². The highest BCUT2D eigenvalue weighted by Gasteiger charge is 2.50. The number of hydrogen-bond donors (Lipinski definition) is 3. The van der Waals surface area contributed by atoms with Crippen LogP contribution in [0.1, 0.15) is 63.9 Å². The smallest absolute Gasteiger partial charge is 0.411 e. The van der Waals surface area contributed by atoms with E-state index in [0.717, 1.165) is 18.4 Å². The molecule has 0 bridgehead atoms. The van der Waals surface area contributed by atoms with Crippen LogP contribution in [0.2, 0.25) is 5.04 Å². The van der Waals surface area contributed by atoms with E-state index in [1.807, 2.05) is 25.1 Å². The Morgan fingerprint density at radius 1 is 1.04 bits per heavy atom. The van der Waals surface area contributed by atoms with E-state index in [-0.39, 0.29) is 23.6 Å². The number of rotatable bonds is 15. The molecule has 5 rings (SSSR count). The van der Waals surface area contributed by atoms with Crippen molar-refractivity contribution in [1.82, 2.24) is 24.7 Å². The molecule has 13 heteroatoms. The van der Waals surface area contributed by atoms with Crippen LogP contribution in [0.25, 0.3) is 11.0 Å². The fourth-order valence-corrected chi connectivity index (χ4v) is 11.3. The lowest BCUT2D eigenvalue weighted by atomic mass is 10.1. The van der Waals surface area contributed by atoms with Gasteiger partial charge < -0.3 is 19.6 Å². The number of alkyl halides is 1. The SMILES string of the molecule is CCC[C@@H](CCO[Si](c1ccccc1)(c1ccccc1)C(C)(C)C)Nc1nc(NC(=O)O)nc2c(C)nn(Cc3ncc(CCl)cc3OC)c12. The number of amides is 1. The number of ether oxygens (including phenoxy) is 1. The first kappa shape index (κ1) is 36.7. The highest BCUT2D eigenvalue weighted by atomic mass is 35.5. The van der Waals surface area contributed by atoms with Gasteiger partial charge in [0, 0.05) is 24.7 Å². The van der Waals surface area contributed by atoms with Gasteiger partial charge in [0.25, 0.3) is 8.32 Å². The zero-order chi connectivity index (χ0) is 35.9. The van der Waals surface area contributed by atoms with Crippen molar-refractivity contribution in [3.8, 4) is 5.75 Å². The Morgan fingerprint density at radius 3 is 2.26 bits per heavy atom. The van der Waals surface area contributed by atoms with Gasteiger partial charge in [-0.3, -0.25) is 15.0 Å². The average Bonchev–Trinajstić information content (AvgIpc) is 3.41. The first-order chi connectivity index (χ1) is 24.0. The minimum Gasteiger partial charge on any atom is -0.495 e. The molecule has 0 radical (unpaired) electrons. The first-order valence-electron chi connectivity index (χ1n) is 16.8. The predicted octanol–water partition coefficient (Wildman–Crippen LogP) is 6.96. The maximum absolute atomic E-state index is 11.7. The summed E-state index contributed by atoms with van der Waals surface area (Å²) in [6.45, 7) is 11.6. The summed E-state index contributed by atoms with van der Waals surface area (Å²) in [5.74, 6) is 1.34. The Hall–Kier alpha value is -4.52. The van der Waals surface area contributed by atoms with Gasteiger partial charge in [0.15, 0.2) is 5.82 Å².